The second kappa shape index (κ2) is 5.25. The summed E-state index contributed by atoms with van der Waals surface area (Å²) in [5.41, 5.74) is 5.79. The van der Waals surface area contributed by atoms with Gasteiger partial charge in [0.2, 0.25) is 0 Å². The molecule has 3 aromatic carbocycles. The third-order valence-electron chi connectivity index (χ3n) is 6.22. The van der Waals surface area contributed by atoms with Crippen LogP contribution in [0.1, 0.15) is 28.2 Å². The summed E-state index contributed by atoms with van der Waals surface area (Å²) >= 11 is 1.92. The molecule has 0 aromatic heterocycles. The molecule has 1 heteroatoms. The van der Waals surface area contributed by atoms with Gasteiger partial charge in [0.05, 0.1) is 5.41 Å². The minimum absolute atomic E-state index is 0.0963. The Morgan fingerprint density at radius 2 is 1.19 bits per heavy atom. The topological polar surface area (TPSA) is 0 Å². The fourth-order valence-corrected chi connectivity index (χ4v) is 6.53. The van der Waals surface area contributed by atoms with E-state index < -0.39 is 0 Å². The van der Waals surface area contributed by atoms with Crippen LogP contribution in [0, 0.1) is 5.92 Å². The molecule has 1 aliphatic heterocycles. The van der Waals surface area contributed by atoms with Crippen LogP contribution in [-0.2, 0) is 5.41 Å². The molecule has 1 spiro atoms. The number of allylic oxidation sites excluding steroid dienone is 4. The lowest BCUT2D eigenvalue weighted by atomic mass is 9.63. The lowest BCUT2D eigenvalue weighted by Crippen LogP contribution is -2.37. The molecule has 0 radical (unpaired) electrons. The molecular formula is C25H18S. The smallest absolute Gasteiger partial charge is 0.0547 e. The van der Waals surface area contributed by atoms with Gasteiger partial charge < -0.3 is 0 Å². The molecule has 6 rings (SSSR count). The van der Waals surface area contributed by atoms with Crippen molar-refractivity contribution < 1.29 is 0 Å². The van der Waals surface area contributed by atoms with Gasteiger partial charge in [-0.1, -0.05) is 96.7 Å². The van der Waals surface area contributed by atoms with Crippen LogP contribution in [-0.4, -0.2) is 0 Å². The van der Waals surface area contributed by atoms with E-state index in [0.717, 1.165) is 0 Å². The van der Waals surface area contributed by atoms with E-state index in [1.54, 1.807) is 0 Å². The van der Waals surface area contributed by atoms with Crippen LogP contribution in [0.3, 0.4) is 0 Å². The van der Waals surface area contributed by atoms with Gasteiger partial charge in [-0.3, -0.25) is 0 Å². The van der Waals surface area contributed by atoms with E-state index in [1.165, 1.54) is 32.0 Å². The van der Waals surface area contributed by atoms with E-state index in [0.29, 0.717) is 11.8 Å². The highest BCUT2D eigenvalue weighted by molar-refractivity contribution is 7.99. The van der Waals surface area contributed by atoms with Crippen molar-refractivity contribution in [2.45, 2.75) is 21.1 Å². The largest absolute Gasteiger partial charge is 0.0894 e. The van der Waals surface area contributed by atoms with Crippen LogP contribution in [0.4, 0.5) is 0 Å². The maximum atomic E-state index is 2.44. The van der Waals surface area contributed by atoms with Crippen molar-refractivity contribution in [3.8, 4) is 0 Å². The Hall–Kier alpha value is -2.51. The van der Waals surface area contributed by atoms with Crippen LogP contribution in [0.5, 0.6) is 0 Å². The SMILES string of the molecule is C1=CC2c3ccccc3C3(c4ccccc4Sc4ccccc43)C2C=C1. The summed E-state index contributed by atoms with van der Waals surface area (Å²) in [4.78, 5) is 2.79. The zero-order valence-corrected chi connectivity index (χ0v) is 15.1. The highest BCUT2D eigenvalue weighted by atomic mass is 32.2. The normalized spacial score (nSPS) is 23.2. The highest BCUT2D eigenvalue weighted by Gasteiger charge is 2.55. The van der Waals surface area contributed by atoms with E-state index in [-0.39, 0.29) is 5.41 Å². The van der Waals surface area contributed by atoms with Crippen molar-refractivity contribution in [1.82, 2.24) is 0 Å². The number of benzene rings is 3. The summed E-state index contributed by atoms with van der Waals surface area (Å²) in [5.74, 6) is 0.869. The van der Waals surface area contributed by atoms with Crippen molar-refractivity contribution in [3.05, 3.63) is 119 Å². The van der Waals surface area contributed by atoms with Crippen LogP contribution in [0.15, 0.2) is 107 Å². The Kier molecular flexibility index (Phi) is 2.95. The minimum atomic E-state index is -0.0963. The quantitative estimate of drug-likeness (QED) is 0.457. The fourth-order valence-electron chi connectivity index (χ4n) is 5.32. The van der Waals surface area contributed by atoms with Gasteiger partial charge >= 0.3 is 0 Å². The number of fused-ring (bicyclic) bond motifs is 9. The van der Waals surface area contributed by atoms with E-state index in [4.69, 9.17) is 0 Å². The molecule has 26 heavy (non-hydrogen) atoms. The highest BCUT2D eigenvalue weighted by Crippen LogP contribution is 2.64. The van der Waals surface area contributed by atoms with E-state index in [9.17, 15) is 0 Å². The predicted octanol–water partition coefficient (Wildman–Crippen LogP) is 6.33. The van der Waals surface area contributed by atoms with Gasteiger partial charge in [-0.15, -0.1) is 0 Å². The predicted molar refractivity (Wildman–Crippen MR) is 108 cm³/mol. The van der Waals surface area contributed by atoms with Crippen molar-refractivity contribution in [3.63, 3.8) is 0 Å². The molecule has 0 saturated heterocycles. The summed E-state index contributed by atoms with van der Waals surface area (Å²) in [6, 6.07) is 27.1. The fraction of sp³-hybridized carbons (Fsp3) is 0.120. The second-order valence-corrected chi connectivity index (χ2v) is 8.39. The van der Waals surface area contributed by atoms with Crippen LogP contribution in [0.2, 0.25) is 0 Å². The summed E-state index contributed by atoms with van der Waals surface area (Å²) in [6.45, 7) is 0. The molecule has 2 atom stereocenters. The van der Waals surface area contributed by atoms with Crippen molar-refractivity contribution in [2.75, 3.05) is 0 Å². The molecule has 3 aromatic rings. The van der Waals surface area contributed by atoms with Crippen molar-refractivity contribution in [2.24, 2.45) is 5.92 Å². The molecule has 124 valence electrons. The molecule has 0 N–H and O–H groups in total. The Morgan fingerprint density at radius 3 is 1.92 bits per heavy atom. The first-order valence-corrected chi connectivity index (χ1v) is 10.0. The maximum Gasteiger partial charge on any atom is 0.0547 e. The van der Waals surface area contributed by atoms with Crippen molar-refractivity contribution in [1.29, 1.82) is 0 Å². The van der Waals surface area contributed by atoms with Gasteiger partial charge in [-0.2, -0.15) is 0 Å². The van der Waals surface area contributed by atoms with Gasteiger partial charge in [0.15, 0.2) is 0 Å². The molecule has 0 bridgehead atoms. The van der Waals surface area contributed by atoms with E-state index in [2.05, 4.69) is 97.1 Å². The number of hydrogen-bond donors (Lipinski definition) is 0. The molecule has 1 heterocycles. The average Bonchev–Trinajstić information content (AvgIpc) is 3.00. The first-order chi connectivity index (χ1) is 12.9. The molecule has 0 nitrogen and oxygen atoms in total. The number of hydrogen-bond acceptors (Lipinski definition) is 1. The van der Waals surface area contributed by atoms with Crippen LogP contribution in [0.25, 0.3) is 0 Å². The van der Waals surface area contributed by atoms with Gasteiger partial charge in [0.25, 0.3) is 0 Å². The molecule has 0 fully saturated rings. The van der Waals surface area contributed by atoms with Gasteiger partial charge in [0, 0.05) is 21.6 Å². The zero-order chi connectivity index (χ0) is 17.1. The zero-order valence-electron chi connectivity index (χ0n) is 14.3. The van der Waals surface area contributed by atoms with E-state index in [1.807, 2.05) is 11.8 Å². The molecule has 2 aliphatic carbocycles. The third kappa shape index (κ3) is 1.67. The van der Waals surface area contributed by atoms with Crippen LogP contribution >= 0.6 is 11.8 Å². The Morgan fingerprint density at radius 1 is 0.615 bits per heavy atom. The lowest BCUT2D eigenvalue weighted by Gasteiger charge is -2.43. The van der Waals surface area contributed by atoms with Crippen LogP contribution < -0.4 is 0 Å². The van der Waals surface area contributed by atoms with Gasteiger partial charge in [-0.25, -0.2) is 0 Å². The molecule has 0 amide bonds. The molecule has 0 saturated carbocycles. The monoisotopic (exact) mass is 350 g/mol. The summed E-state index contributed by atoms with van der Waals surface area (Å²) in [7, 11) is 0. The summed E-state index contributed by atoms with van der Waals surface area (Å²) < 4.78 is 0. The average molecular weight is 350 g/mol. The summed E-state index contributed by atoms with van der Waals surface area (Å²) in [6.07, 6.45) is 9.29. The lowest BCUT2D eigenvalue weighted by molar-refractivity contribution is 0.442. The standard InChI is InChI=1S/C25H18S/c1-3-11-19-17(9-1)18-10-2-4-12-20(18)25(19)21-13-5-7-15-23(21)26-24-16-8-6-14-22(24)25/h1-17,19H. The minimum Gasteiger partial charge on any atom is -0.0894 e. The number of rotatable bonds is 0. The third-order valence-corrected chi connectivity index (χ3v) is 7.38. The molecular weight excluding hydrogens is 332 g/mol. The van der Waals surface area contributed by atoms with Crippen molar-refractivity contribution >= 4 is 11.8 Å². The molecule has 3 aliphatic rings. The second-order valence-electron chi connectivity index (χ2n) is 7.31. The molecule has 2 unspecified atom stereocenters. The Balaban J connectivity index is 1.80. The first-order valence-electron chi connectivity index (χ1n) is 9.22. The Labute approximate surface area is 158 Å². The Bertz CT molecular complexity index is 1040. The van der Waals surface area contributed by atoms with Gasteiger partial charge in [-0.05, 0) is 34.4 Å². The van der Waals surface area contributed by atoms with Gasteiger partial charge in [0.1, 0.15) is 0 Å². The first kappa shape index (κ1) is 14.6. The maximum absolute atomic E-state index is 2.44. The summed E-state index contributed by atoms with van der Waals surface area (Å²) in [5, 5.41) is 0. The van der Waals surface area contributed by atoms with E-state index >= 15 is 0 Å².